The number of nitrogens with one attached hydrogen (secondary N) is 1. The number of aromatic nitrogens is 3. The van der Waals surface area contributed by atoms with Gasteiger partial charge in [-0.15, -0.1) is 0 Å². The number of aromatic amines is 1. The van der Waals surface area contributed by atoms with E-state index in [-0.39, 0.29) is 0 Å². The van der Waals surface area contributed by atoms with Gasteiger partial charge < -0.3 is 4.98 Å². The van der Waals surface area contributed by atoms with Crippen LogP contribution in [0.2, 0.25) is 5.15 Å². The first-order chi connectivity index (χ1) is 8.25. The fourth-order valence-electron chi connectivity index (χ4n) is 1.71. The lowest BCUT2D eigenvalue weighted by Gasteiger charge is -2.02. The predicted molar refractivity (Wildman–Crippen MR) is 77.1 cm³/mol. The Labute approximate surface area is 116 Å². The van der Waals surface area contributed by atoms with Gasteiger partial charge in [-0.2, -0.15) is 0 Å². The van der Waals surface area contributed by atoms with Gasteiger partial charge in [0.1, 0.15) is 5.15 Å². The van der Waals surface area contributed by atoms with Crippen LogP contribution in [0.15, 0.2) is 36.8 Å². The summed E-state index contributed by atoms with van der Waals surface area (Å²) in [6, 6.07) is 5.75. The molecule has 0 bridgehead atoms. The Morgan fingerprint density at radius 1 is 1.29 bits per heavy atom. The van der Waals surface area contributed by atoms with E-state index in [0.717, 1.165) is 25.7 Å². The van der Waals surface area contributed by atoms with Gasteiger partial charge in [-0.3, -0.25) is 4.98 Å². The molecule has 0 aliphatic carbocycles. The first kappa shape index (κ1) is 11.0. The lowest BCUT2D eigenvalue weighted by molar-refractivity contribution is 1.29. The van der Waals surface area contributed by atoms with Crippen LogP contribution in [0, 0.1) is 3.57 Å². The second-order valence-electron chi connectivity index (χ2n) is 3.59. The van der Waals surface area contributed by atoms with Crippen LogP contribution < -0.4 is 0 Å². The maximum atomic E-state index is 6.05. The molecule has 0 saturated heterocycles. The Morgan fingerprint density at radius 3 is 3.00 bits per heavy atom. The van der Waals surface area contributed by atoms with Gasteiger partial charge in [0.05, 0.1) is 11.2 Å². The molecule has 3 rings (SSSR count). The van der Waals surface area contributed by atoms with Gasteiger partial charge >= 0.3 is 0 Å². The smallest absolute Gasteiger partial charge is 0.138 e. The Kier molecular flexibility index (Phi) is 2.76. The van der Waals surface area contributed by atoms with Gasteiger partial charge in [0, 0.05) is 33.1 Å². The molecule has 0 saturated carbocycles. The molecule has 5 heteroatoms. The Balaban J connectivity index is 2.22. The van der Waals surface area contributed by atoms with Crippen molar-refractivity contribution >= 4 is 45.1 Å². The third-order valence-electron chi connectivity index (χ3n) is 2.55. The molecule has 84 valence electrons. The van der Waals surface area contributed by atoms with Gasteiger partial charge in [-0.1, -0.05) is 11.6 Å². The van der Waals surface area contributed by atoms with Crippen molar-refractivity contribution in [3.8, 4) is 11.3 Å². The van der Waals surface area contributed by atoms with Crippen LogP contribution in [0.4, 0.5) is 0 Å². The van der Waals surface area contributed by atoms with Gasteiger partial charge in [0.25, 0.3) is 0 Å². The molecule has 17 heavy (non-hydrogen) atoms. The number of fused-ring (bicyclic) bond motifs is 1. The molecule has 3 heterocycles. The molecule has 0 atom stereocenters. The summed E-state index contributed by atoms with van der Waals surface area (Å²) >= 11 is 8.33. The third-order valence-corrected chi connectivity index (χ3v) is 3.74. The standard InChI is InChI=1S/C12H7ClIN3/c13-12-7(2-1-3-15-12)10-4-11-8(5-16-10)9(14)6-17-11/h1-6,17H. The lowest BCUT2D eigenvalue weighted by atomic mass is 10.2. The summed E-state index contributed by atoms with van der Waals surface area (Å²) in [5, 5.41) is 1.59. The van der Waals surface area contributed by atoms with E-state index in [9.17, 15) is 0 Å². The van der Waals surface area contributed by atoms with Gasteiger partial charge in [0.15, 0.2) is 0 Å². The summed E-state index contributed by atoms with van der Waals surface area (Å²) in [6.45, 7) is 0. The Bertz CT molecular complexity index is 693. The molecule has 0 aliphatic rings. The summed E-state index contributed by atoms with van der Waals surface area (Å²) < 4.78 is 1.16. The summed E-state index contributed by atoms with van der Waals surface area (Å²) in [6.07, 6.45) is 5.48. The molecule has 1 N–H and O–H groups in total. The van der Waals surface area contributed by atoms with Crippen LogP contribution in [0.5, 0.6) is 0 Å². The van der Waals surface area contributed by atoms with Crippen molar-refractivity contribution in [2.75, 3.05) is 0 Å². The third kappa shape index (κ3) is 1.91. The molecule has 3 aromatic rings. The van der Waals surface area contributed by atoms with E-state index in [4.69, 9.17) is 11.6 Å². The second-order valence-corrected chi connectivity index (χ2v) is 5.11. The fraction of sp³-hybridized carbons (Fsp3) is 0. The first-order valence-electron chi connectivity index (χ1n) is 4.99. The monoisotopic (exact) mass is 355 g/mol. The van der Waals surface area contributed by atoms with E-state index in [1.54, 1.807) is 6.20 Å². The van der Waals surface area contributed by atoms with Gasteiger partial charge in [-0.25, -0.2) is 4.98 Å². The molecular weight excluding hydrogens is 349 g/mol. The van der Waals surface area contributed by atoms with Gasteiger partial charge in [0.2, 0.25) is 0 Å². The summed E-state index contributed by atoms with van der Waals surface area (Å²) in [4.78, 5) is 11.7. The number of hydrogen-bond acceptors (Lipinski definition) is 2. The van der Waals surface area contributed by atoms with Crippen molar-refractivity contribution in [3.63, 3.8) is 0 Å². The van der Waals surface area contributed by atoms with Crippen molar-refractivity contribution < 1.29 is 0 Å². The topological polar surface area (TPSA) is 41.6 Å². The van der Waals surface area contributed by atoms with E-state index in [0.29, 0.717) is 5.15 Å². The zero-order valence-electron chi connectivity index (χ0n) is 8.61. The average molecular weight is 356 g/mol. The van der Waals surface area contributed by atoms with E-state index in [1.807, 2.05) is 30.6 Å². The normalized spacial score (nSPS) is 10.9. The number of rotatable bonds is 1. The zero-order chi connectivity index (χ0) is 11.8. The Hall–Kier alpha value is -1.14. The van der Waals surface area contributed by atoms with E-state index < -0.39 is 0 Å². The number of hydrogen-bond donors (Lipinski definition) is 1. The van der Waals surface area contributed by atoms with Crippen molar-refractivity contribution in [3.05, 3.63) is 45.5 Å². The highest BCUT2D eigenvalue weighted by Gasteiger charge is 2.08. The summed E-state index contributed by atoms with van der Waals surface area (Å²) in [5.74, 6) is 0. The highest BCUT2D eigenvalue weighted by atomic mass is 127. The molecule has 0 amide bonds. The predicted octanol–water partition coefficient (Wildman–Crippen LogP) is 3.88. The van der Waals surface area contributed by atoms with Crippen LogP contribution in [0.3, 0.4) is 0 Å². The van der Waals surface area contributed by atoms with E-state index in [1.165, 1.54) is 0 Å². The fourth-order valence-corrected chi connectivity index (χ4v) is 2.51. The van der Waals surface area contributed by atoms with Crippen molar-refractivity contribution in [2.45, 2.75) is 0 Å². The molecule has 0 spiro atoms. The SMILES string of the molecule is Clc1ncccc1-c1cc2[nH]cc(I)c2cn1. The molecule has 0 fully saturated rings. The summed E-state index contributed by atoms with van der Waals surface area (Å²) in [7, 11) is 0. The second kappa shape index (κ2) is 4.27. The summed E-state index contributed by atoms with van der Waals surface area (Å²) in [5.41, 5.74) is 2.73. The molecule has 0 radical (unpaired) electrons. The maximum absolute atomic E-state index is 6.05. The quantitative estimate of drug-likeness (QED) is 0.531. The first-order valence-corrected chi connectivity index (χ1v) is 6.45. The van der Waals surface area contributed by atoms with E-state index >= 15 is 0 Å². The van der Waals surface area contributed by atoms with E-state index in [2.05, 4.69) is 37.5 Å². The molecular formula is C12H7ClIN3. The van der Waals surface area contributed by atoms with Crippen molar-refractivity contribution in [1.29, 1.82) is 0 Å². The highest BCUT2D eigenvalue weighted by Crippen LogP contribution is 2.27. The van der Waals surface area contributed by atoms with Crippen LogP contribution in [-0.2, 0) is 0 Å². The maximum Gasteiger partial charge on any atom is 0.138 e. The van der Waals surface area contributed by atoms with Crippen molar-refractivity contribution in [1.82, 2.24) is 15.0 Å². The zero-order valence-corrected chi connectivity index (χ0v) is 11.5. The minimum Gasteiger partial charge on any atom is -0.360 e. The number of pyridine rings is 2. The lowest BCUT2D eigenvalue weighted by Crippen LogP contribution is -1.86. The van der Waals surface area contributed by atoms with Crippen molar-refractivity contribution in [2.24, 2.45) is 0 Å². The largest absolute Gasteiger partial charge is 0.360 e. The Morgan fingerprint density at radius 2 is 2.18 bits per heavy atom. The number of H-pyrrole nitrogens is 1. The molecule has 0 aliphatic heterocycles. The van der Waals surface area contributed by atoms with Crippen LogP contribution in [0.25, 0.3) is 22.2 Å². The number of nitrogens with zero attached hydrogens (tertiary/aromatic N) is 2. The molecule has 0 aromatic carbocycles. The van der Waals surface area contributed by atoms with Gasteiger partial charge in [-0.05, 0) is 40.8 Å². The van der Waals surface area contributed by atoms with Crippen LogP contribution in [0.1, 0.15) is 0 Å². The van der Waals surface area contributed by atoms with Crippen LogP contribution in [-0.4, -0.2) is 15.0 Å². The average Bonchev–Trinajstić information content (AvgIpc) is 2.71. The van der Waals surface area contributed by atoms with Crippen LogP contribution >= 0.6 is 34.2 Å². The number of halogens is 2. The molecule has 3 nitrogen and oxygen atoms in total. The molecule has 3 aromatic heterocycles. The minimum atomic E-state index is 0.473. The highest BCUT2D eigenvalue weighted by molar-refractivity contribution is 14.1. The molecule has 0 unspecified atom stereocenters. The minimum absolute atomic E-state index is 0.473.